The molecule has 0 atom stereocenters. The van der Waals surface area contributed by atoms with E-state index in [9.17, 15) is 0 Å². The van der Waals surface area contributed by atoms with E-state index in [-0.39, 0.29) is 0 Å². The van der Waals surface area contributed by atoms with Crippen LogP contribution in [-0.2, 0) is 5.88 Å². The third-order valence-electron chi connectivity index (χ3n) is 2.54. The van der Waals surface area contributed by atoms with Crippen molar-refractivity contribution < 1.29 is 9.47 Å². The molecule has 2 aromatic carbocycles. The van der Waals surface area contributed by atoms with E-state index in [1.54, 1.807) is 0 Å². The van der Waals surface area contributed by atoms with Crippen LogP contribution in [0.5, 0.6) is 17.2 Å². The van der Waals surface area contributed by atoms with Gasteiger partial charge in [-0.05, 0) is 37.3 Å². The first-order chi connectivity index (χ1) is 9.24. The average molecular weight is 342 g/mol. The molecule has 0 amide bonds. The van der Waals surface area contributed by atoms with Gasteiger partial charge in [-0.1, -0.05) is 28.1 Å². The van der Waals surface area contributed by atoms with Gasteiger partial charge in [0.15, 0.2) is 11.5 Å². The monoisotopic (exact) mass is 340 g/mol. The SMILES string of the molecule is CCOc1ccccc1Oc1ccc(Br)cc1CCl. The van der Waals surface area contributed by atoms with Crippen molar-refractivity contribution >= 4 is 27.5 Å². The van der Waals surface area contributed by atoms with Crippen molar-refractivity contribution in [3.05, 3.63) is 52.5 Å². The van der Waals surface area contributed by atoms with E-state index >= 15 is 0 Å². The summed E-state index contributed by atoms with van der Waals surface area (Å²) in [4.78, 5) is 0. The zero-order chi connectivity index (χ0) is 13.7. The van der Waals surface area contributed by atoms with Crippen LogP contribution < -0.4 is 9.47 Å². The minimum absolute atomic E-state index is 0.394. The van der Waals surface area contributed by atoms with Crippen LogP contribution in [-0.4, -0.2) is 6.61 Å². The van der Waals surface area contributed by atoms with Gasteiger partial charge >= 0.3 is 0 Å². The third-order valence-corrected chi connectivity index (χ3v) is 3.32. The maximum absolute atomic E-state index is 5.94. The molecule has 19 heavy (non-hydrogen) atoms. The summed E-state index contributed by atoms with van der Waals surface area (Å²) in [6.07, 6.45) is 0. The van der Waals surface area contributed by atoms with Crippen molar-refractivity contribution in [1.82, 2.24) is 0 Å². The van der Waals surface area contributed by atoms with E-state index in [0.717, 1.165) is 21.5 Å². The molecule has 2 nitrogen and oxygen atoms in total. The van der Waals surface area contributed by atoms with Crippen LogP contribution in [0.25, 0.3) is 0 Å². The van der Waals surface area contributed by atoms with Crippen LogP contribution in [0.2, 0.25) is 0 Å². The molecule has 2 rings (SSSR count). The van der Waals surface area contributed by atoms with Crippen molar-refractivity contribution in [2.24, 2.45) is 0 Å². The minimum Gasteiger partial charge on any atom is -0.490 e. The van der Waals surface area contributed by atoms with Crippen molar-refractivity contribution in [3.8, 4) is 17.2 Å². The van der Waals surface area contributed by atoms with Gasteiger partial charge < -0.3 is 9.47 Å². The molecule has 0 saturated heterocycles. The lowest BCUT2D eigenvalue weighted by Gasteiger charge is -2.13. The van der Waals surface area contributed by atoms with Crippen LogP contribution in [0.1, 0.15) is 12.5 Å². The number of halogens is 2. The highest BCUT2D eigenvalue weighted by atomic mass is 79.9. The van der Waals surface area contributed by atoms with E-state index in [0.29, 0.717) is 18.2 Å². The van der Waals surface area contributed by atoms with Crippen molar-refractivity contribution in [1.29, 1.82) is 0 Å². The van der Waals surface area contributed by atoms with Crippen molar-refractivity contribution in [2.75, 3.05) is 6.61 Å². The molecule has 0 radical (unpaired) electrons. The molecule has 0 fully saturated rings. The lowest BCUT2D eigenvalue weighted by atomic mass is 10.2. The van der Waals surface area contributed by atoms with Crippen molar-refractivity contribution in [2.45, 2.75) is 12.8 Å². The normalized spacial score (nSPS) is 10.3. The number of benzene rings is 2. The van der Waals surface area contributed by atoms with Crippen LogP contribution in [0.4, 0.5) is 0 Å². The third kappa shape index (κ3) is 3.64. The molecule has 0 unspecified atom stereocenters. The Morgan fingerprint density at radius 3 is 2.47 bits per heavy atom. The fourth-order valence-corrected chi connectivity index (χ4v) is 2.30. The number of rotatable bonds is 5. The first-order valence-corrected chi connectivity index (χ1v) is 7.31. The van der Waals surface area contributed by atoms with Crippen LogP contribution in [0.15, 0.2) is 46.9 Å². The Bertz CT molecular complexity index is 558. The summed E-state index contributed by atoms with van der Waals surface area (Å²) in [5.41, 5.74) is 0.933. The zero-order valence-corrected chi connectivity index (χ0v) is 12.9. The highest BCUT2D eigenvalue weighted by molar-refractivity contribution is 9.10. The fraction of sp³-hybridized carbons (Fsp3) is 0.200. The molecular formula is C15H14BrClO2. The zero-order valence-electron chi connectivity index (χ0n) is 10.5. The summed E-state index contributed by atoms with van der Waals surface area (Å²) in [6.45, 7) is 2.55. The Kier molecular flexibility index (Phi) is 5.11. The van der Waals surface area contributed by atoms with Crippen LogP contribution >= 0.6 is 27.5 Å². The molecule has 0 aromatic heterocycles. The van der Waals surface area contributed by atoms with E-state index in [1.807, 2.05) is 49.4 Å². The molecule has 0 heterocycles. The van der Waals surface area contributed by atoms with E-state index in [2.05, 4.69) is 15.9 Å². The predicted molar refractivity (Wildman–Crippen MR) is 81.4 cm³/mol. The standard InChI is InChI=1S/C15H14BrClO2/c1-2-18-14-5-3-4-6-15(14)19-13-8-7-12(16)9-11(13)10-17/h3-9H,2,10H2,1H3. The van der Waals surface area contributed by atoms with Gasteiger partial charge in [0.05, 0.1) is 12.5 Å². The molecule has 0 aliphatic carbocycles. The Balaban J connectivity index is 2.30. The largest absolute Gasteiger partial charge is 0.490 e. The van der Waals surface area contributed by atoms with Gasteiger partial charge in [0, 0.05) is 10.0 Å². The summed E-state index contributed by atoms with van der Waals surface area (Å²) in [5, 5.41) is 0. The molecule has 0 saturated carbocycles. The Morgan fingerprint density at radius 2 is 1.79 bits per heavy atom. The maximum atomic E-state index is 5.94. The first-order valence-electron chi connectivity index (χ1n) is 5.98. The molecule has 0 N–H and O–H groups in total. The Labute approximate surface area is 126 Å². The Hall–Kier alpha value is -1.19. The first kappa shape index (κ1) is 14.2. The maximum Gasteiger partial charge on any atom is 0.169 e. The lowest BCUT2D eigenvalue weighted by molar-refractivity contribution is 0.321. The van der Waals surface area contributed by atoms with Crippen LogP contribution in [0.3, 0.4) is 0 Å². The van der Waals surface area contributed by atoms with Gasteiger partial charge in [-0.3, -0.25) is 0 Å². The number of alkyl halides is 1. The molecule has 0 spiro atoms. The average Bonchev–Trinajstić information content (AvgIpc) is 2.43. The number of hydrogen-bond donors (Lipinski definition) is 0. The van der Waals surface area contributed by atoms with Crippen LogP contribution in [0, 0.1) is 0 Å². The molecule has 4 heteroatoms. The molecular weight excluding hydrogens is 328 g/mol. The fourth-order valence-electron chi connectivity index (χ4n) is 1.68. The van der Waals surface area contributed by atoms with Gasteiger partial charge in [-0.15, -0.1) is 11.6 Å². The summed E-state index contributed by atoms with van der Waals surface area (Å²) in [6, 6.07) is 13.4. The predicted octanol–water partition coefficient (Wildman–Crippen LogP) is 5.38. The lowest BCUT2D eigenvalue weighted by Crippen LogP contribution is -1.96. The Morgan fingerprint density at radius 1 is 1.05 bits per heavy atom. The van der Waals surface area contributed by atoms with Gasteiger partial charge in [0.25, 0.3) is 0 Å². The summed E-state index contributed by atoms with van der Waals surface area (Å²) < 4.78 is 12.4. The topological polar surface area (TPSA) is 18.5 Å². The molecule has 2 aromatic rings. The van der Waals surface area contributed by atoms with E-state index in [1.165, 1.54) is 0 Å². The highest BCUT2D eigenvalue weighted by Crippen LogP contribution is 2.34. The van der Waals surface area contributed by atoms with Gasteiger partial charge in [0.2, 0.25) is 0 Å². The van der Waals surface area contributed by atoms with Gasteiger partial charge in [-0.2, -0.15) is 0 Å². The summed E-state index contributed by atoms with van der Waals surface area (Å²) in [7, 11) is 0. The van der Waals surface area contributed by atoms with Gasteiger partial charge in [-0.25, -0.2) is 0 Å². The number of hydrogen-bond acceptors (Lipinski definition) is 2. The number of ether oxygens (including phenoxy) is 2. The molecule has 0 bridgehead atoms. The number of para-hydroxylation sites is 2. The molecule has 0 aliphatic heterocycles. The second-order valence-electron chi connectivity index (χ2n) is 3.87. The second kappa shape index (κ2) is 6.83. The smallest absolute Gasteiger partial charge is 0.169 e. The second-order valence-corrected chi connectivity index (χ2v) is 5.05. The van der Waals surface area contributed by atoms with E-state index in [4.69, 9.17) is 21.1 Å². The summed E-state index contributed by atoms with van der Waals surface area (Å²) in [5.74, 6) is 2.56. The van der Waals surface area contributed by atoms with Gasteiger partial charge in [0.1, 0.15) is 5.75 Å². The molecule has 100 valence electrons. The molecule has 0 aliphatic rings. The highest BCUT2D eigenvalue weighted by Gasteiger charge is 2.09. The minimum atomic E-state index is 0.394. The summed E-state index contributed by atoms with van der Waals surface area (Å²) >= 11 is 9.36. The van der Waals surface area contributed by atoms with Crippen molar-refractivity contribution in [3.63, 3.8) is 0 Å². The van der Waals surface area contributed by atoms with E-state index < -0.39 is 0 Å². The quantitative estimate of drug-likeness (QED) is 0.680.